The molecule has 1 saturated heterocycles. The van der Waals surface area contributed by atoms with Crippen LogP contribution < -0.4 is 11.1 Å². The summed E-state index contributed by atoms with van der Waals surface area (Å²) in [6, 6.07) is 18.7. The van der Waals surface area contributed by atoms with E-state index in [1.54, 1.807) is 0 Å². The maximum Gasteiger partial charge on any atom is 0.168 e. The topological polar surface area (TPSA) is 76.7 Å². The van der Waals surface area contributed by atoms with Gasteiger partial charge in [-0.05, 0) is 41.4 Å². The normalized spacial score (nSPS) is 21.7. The minimum absolute atomic E-state index is 0.0717. The van der Waals surface area contributed by atoms with Gasteiger partial charge >= 0.3 is 0 Å². The molecule has 0 unspecified atom stereocenters. The summed E-state index contributed by atoms with van der Waals surface area (Å²) in [5, 5.41) is 14.7. The number of benzene rings is 2. The molecule has 0 amide bonds. The lowest BCUT2D eigenvalue weighted by molar-refractivity contribution is -0.187. The molecule has 180 valence electrons. The molecule has 2 aromatic carbocycles. The minimum atomic E-state index is -0.636. The molecule has 4 N–H and O–H groups in total. The van der Waals surface area contributed by atoms with Gasteiger partial charge in [0.1, 0.15) is 0 Å². The first-order valence-electron chi connectivity index (χ1n) is 12.3. The Morgan fingerprint density at radius 1 is 0.970 bits per heavy atom. The van der Waals surface area contributed by atoms with Crippen LogP contribution in [0.2, 0.25) is 0 Å². The van der Waals surface area contributed by atoms with Crippen LogP contribution in [0.5, 0.6) is 0 Å². The molecule has 1 spiro atoms. The summed E-state index contributed by atoms with van der Waals surface area (Å²) in [7, 11) is 0. The van der Waals surface area contributed by atoms with Crippen LogP contribution in [0, 0.1) is 0 Å². The summed E-state index contributed by atoms with van der Waals surface area (Å²) in [5.74, 6) is -0.435. The van der Waals surface area contributed by atoms with Crippen LogP contribution in [0.4, 0.5) is 0 Å². The molecule has 2 aliphatic rings. The summed E-state index contributed by atoms with van der Waals surface area (Å²) in [6.07, 6.45) is 3.48. The second kappa shape index (κ2) is 9.85. The largest absolute Gasteiger partial charge is 0.390 e. The number of nitrogens with two attached hydrogens (primary N) is 1. The average molecular weight is 453 g/mol. The zero-order chi connectivity index (χ0) is 23.5. The predicted octanol–water partition coefficient (Wildman–Crippen LogP) is 4.02. The van der Waals surface area contributed by atoms with Gasteiger partial charge in [-0.2, -0.15) is 0 Å². The molecule has 1 aliphatic heterocycles. The van der Waals surface area contributed by atoms with Crippen LogP contribution in [0.25, 0.3) is 0 Å². The van der Waals surface area contributed by atoms with Crippen molar-refractivity contribution in [1.82, 2.24) is 5.32 Å². The summed E-state index contributed by atoms with van der Waals surface area (Å²) in [4.78, 5) is 0. The number of nitrogens with one attached hydrogen (secondary N) is 1. The highest BCUT2D eigenvalue weighted by molar-refractivity contribution is 5.34. The number of hydrogen-bond donors (Lipinski definition) is 3. The van der Waals surface area contributed by atoms with E-state index >= 15 is 0 Å². The van der Waals surface area contributed by atoms with Gasteiger partial charge in [0.2, 0.25) is 0 Å². The lowest BCUT2D eigenvalue weighted by Gasteiger charge is -2.45. The molecule has 5 heteroatoms. The van der Waals surface area contributed by atoms with Crippen molar-refractivity contribution < 1.29 is 14.6 Å². The Kier molecular flexibility index (Phi) is 7.27. The van der Waals surface area contributed by atoms with E-state index in [-0.39, 0.29) is 17.0 Å². The van der Waals surface area contributed by atoms with E-state index in [0.717, 1.165) is 31.2 Å². The Morgan fingerprint density at radius 2 is 1.64 bits per heavy atom. The molecule has 1 heterocycles. The second-order valence-corrected chi connectivity index (χ2v) is 10.8. The Balaban J connectivity index is 1.51. The van der Waals surface area contributed by atoms with Gasteiger partial charge in [-0.25, -0.2) is 0 Å². The number of aliphatic hydroxyl groups excluding tert-OH is 1. The first-order chi connectivity index (χ1) is 15.7. The quantitative estimate of drug-likeness (QED) is 0.592. The molecule has 4 rings (SSSR count). The maximum atomic E-state index is 10.9. The summed E-state index contributed by atoms with van der Waals surface area (Å²) in [5.41, 5.74) is 9.95. The molecule has 0 bridgehead atoms. The van der Waals surface area contributed by atoms with Gasteiger partial charge in [0.15, 0.2) is 5.79 Å². The van der Waals surface area contributed by atoms with Crippen LogP contribution >= 0.6 is 0 Å². The molecular weight excluding hydrogens is 412 g/mol. The van der Waals surface area contributed by atoms with E-state index in [4.69, 9.17) is 15.2 Å². The van der Waals surface area contributed by atoms with Crippen LogP contribution in [0.15, 0.2) is 54.6 Å². The van der Waals surface area contributed by atoms with Crippen molar-refractivity contribution in [3.63, 3.8) is 0 Å². The number of ether oxygens (including phenoxy) is 2. The third-order valence-electron chi connectivity index (χ3n) is 7.42. The fourth-order valence-electron chi connectivity index (χ4n) is 5.17. The highest BCUT2D eigenvalue weighted by Gasteiger charge is 2.47. The zero-order valence-corrected chi connectivity index (χ0v) is 20.3. The number of rotatable bonds is 7. The molecule has 1 saturated carbocycles. The molecule has 5 nitrogen and oxygen atoms in total. The molecule has 0 radical (unpaired) electrons. The van der Waals surface area contributed by atoms with Crippen LogP contribution in [0.1, 0.15) is 63.1 Å². The van der Waals surface area contributed by atoms with Crippen LogP contribution in [-0.4, -0.2) is 42.8 Å². The lowest BCUT2D eigenvalue weighted by atomic mass is 9.72. The summed E-state index contributed by atoms with van der Waals surface area (Å²) in [6.45, 7) is 8.53. The molecule has 2 aromatic rings. The summed E-state index contributed by atoms with van der Waals surface area (Å²) >= 11 is 0. The van der Waals surface area contributed by atoms with Gasteiger partial charge in [-0.1, -0.05) is 75.4 Å². The second-order valence-electron chi connectivity index (χ2n) is 10.8. The van der Waals surface area contributed by atoms with Gasteiger partial charge in [-0.15, -0.1) is 0 Å². The first-order valence-corrected chi connectivity index (χ1v) is 12.3. The average Bonchev–Trinajstić information content (AvgIpc) is 3.27. The van der Waals surface area contributed by atoms with Crippen molar-refractivity contribution in [2.45, 2.75) is 81.8 Å². The zero-order valence-electron chi connectivity index (χ0n) is 20.3. The number of hydrogen-bond acceptors (Lipinski definition) is 5. The predicted molar refractivity (Wildman–Crippen MR) is 132 cm³/mol. The maximum absolute atomic E-state index is 10.9. The monoisotopic (exact) mass is 452 g/mol. The van der Waals surface area contributed by atoms with Crippen molar-refractivity contribution in [2.75, 3.05) is 19.8 Å². The number of aliphatic hydroxyl groups is 1. The van der Waals surface area contributed by atoms with Crippen molar-refractivity contribution >= 4 is 0 Å². The molecule has 0 aromatic heterocycles. The van der Waals surface area contributed by atoms with Gasteiger partial charge < -0.3 is 25.6 Å². The first kappa shape index (κ1) is 24.4. The van der Waals surface area contributed by atoms with E-state index in [2.05, 4.69) is 62.5 Å². The van der Waals surface area contributed by atoms with E-state index < -0.39 is 11.9 Å². The molecular formula is C28H40N2O3. The van der Waals surface area contributed by atoms with E-state index in [1.807, 2.05) is 18.2 Å². The third kappa shape index (κ3) is 5.67. The van der Waals surface area contributed by atoms with Crippen LogP contribution in [0.3, 0.4) is 0 Å². The Labute approximate surface area is 198 Å². The SMILES string of the molecule is CC(C)(C)c1cccc(C2(NC[C@@H](O)[C@@H](N)Cc3ccccc3)CCC3(CC2)OCCO3)c1. The Hall–Kier alpha value is -1.76. The highest BCUT2D eigenvalue weighted by Crippen LogP contribution is 2.45. The Bertz CT molecular complexity index is 893. The van der Waals surface area contributed by atoms with Crippen molar-refractivity contribution in [3.8, 4) is 0 Å². The smallest absolute Gasteiger partial charge is 0.168 e. The van der Waals surface area contributed by atoms with Crippen LogP contribution in [-0.2, 0) is 26.8 Å². The Morgan fingerprint density at radius 3 is 2.27 bits per heavy atom. The van der Waals surface area contributed by atoms with Gasteiger partial charge in [0.05, 0.1) is 19.3 Å². The van der Waals surface area contributed by atoms with E-state index in [1.165, 1.54) is 11.1 Å². The fraction of sp³-hybridized carbons (Fsp3) is 0.571. The van der Waals surface area contributed by atoms with Gasteiger partial charge in [0.25, 0.3) is 0 Å². The van der Waals surface area contributed by atoms with Crippen molar-refractivity contribution in [1.29, 1.82) is 0 Å². The standard InChI is InChI=1S/C28H40N2O3/c1-26(2,3)22-10-7-11-23(19-22)27(12-14-28(15-13-27)32-16-17-33-28)30-20-25(31)24(29)18-21-8-5-4-6-9-21/h4-11,19,24-25,30-31H,12-18,20,29H2,1-3H3/t24-,25+/m0/s1. The minimum Gasteiger partial charge on any atom is -0.390 e. The molecule has 33 heavy (non-hydrogen) atoms. The third-order valence-corrected chi connectivity index (χ3v) is 7.42. The fourth-order valence-corrected chi connectivity index (χ4v) is 5.17. The van der Waals surface area contributed by atoms with E-state index in [0.29, 0.717) is 26.2 Å². The lowest BCUT2D eigenvalue weighted by Crippen LogP contribution is -2.54. The van der Waals surface area contributed by atoms with Crippen molar-refractivity contribution in [3.05, 3.63) is 71.3 Å². The summed E-state index contributed by atoms with van der Waals surface area (Å²) < 4.78 is 12.0. The molecule has 1 aliphatic carbocycles. The van der Waals surface area contributed by atoms with Crippen molar-refractivity contribution in [2.24, 2.45) is 5.73 Å². The van der Waals surface area contributed by atoms with Gasteiger partial charge in [0, 0.05) is 31.0 Å². The molecule has 2 atom stereocenters. The molecule has 2 fully saturated rings. The van der Waals surface area contributed by atoms with E-state index in [9.17, 15) is 5.11 Å². The van der Waals surface area contributed by atoms with Gasteiger partial charge in [-0.3, -0.25) is 0 Å². The highest BCUT2D eigenvalue weighted by atomic mass is 16.7.